The Labute approximate surface area is 168 Å². The molecule has 1 aromatic rings. The summed E-state index contributed by atoms with van der Waals surface area (Å²) in [7, 11) is 0. The molecule has 0 aromatic carbocycles. The number of rotatable bonds is 10. The van der Waals surface area contributed by atoms with E-state index in [-0.39, 0.29) is 11.8 Å². The van der Waals surface area contributed by atoms with Crippen LogP contribution in [0.25, 0.3) is 0 Å². The smallest absolute Gasteiger partial charge is 0.221 e. The number of aromatic nitrogens is 2. The molecule has 2 heterocycles. The number of aryl methyl sites for hydroxylation is 3. The summed E-state index contributed by atoms with van der Waals surface area (Å²) in [5.74, 6) is 0.943. The minimum atomic E-state index is 0.0233. The van der Waals surface area contributed by atoms with Crippen molar-refractivity contribution in [3.05, 3.63) is 17.5 Å². The highest BCUT2D eigenvalue weighted by atomic mass is 16.2. The van der Waals surface area contributed by atoms with Gasteiger partial charge in [0.05, 0.1) is 5.69 Å². The zero-order valence-electron chi connectivity index (χ0n) is 17.5. The monoisotopic (exact) mass is 389 g/mol. The summed E-state index contributed by atoms with van der Waals surface area (Å²) in [5, 5.41) is 10.5. The van der Waals surface area contributed by atoms with Crippen molar-refractivity contribution in [1.29, 1.82) is 0 Å². The topological polar surface area (TPSA) is 79.3 Å². The lowest BCUT2D eigenvalue weighted by molar-refractivity contribution is -0.122. The van der Waals surface area contributed by atoms with Crippen molar-refractivity contribution >= 4 is 11.8 Å². The molecule has 7 heteroatoms. The lowest BCUT2D eigenvalue weighted by Crippen LogP contribution is -2.45. The van der Waals surface area contributed by atoms with Crippen LogP contribution in [0.15, 0.2) is 6.07 Å². The van der Waals surface area contributed by atoms with Crippen LogP contribution in [0.4, 0.5) is 0 Å². The largest absolute Gasteiger partial charge is 0.356 e. The average Bonchev–Trinajstić information content (AvgIpc) is 3.29. The maximum atomic E-state index is 12.5. The molecule has 156 valence electrons. The van der Waals surface area contributed by atoms with Crippen LogP contribution in [-0.2, 0) is 16.1 Å². The fourth-order valence-corrected chi connectivity index (χ4v) is 4.26. The van der Waals surface area contributed by atoms with Gasteiger partial charge in [-0.2, -0.15) is 5.10 Å². The molecule has 2 atom stereocenters. The molecule has 0 radical (unpaired) electrons. The third-order valence-electron chi connectivity index (χ3n) is 5.92. The van der Waals surface area contributed by atoms with E-state index in [2.05, 4.69) is 33.6 Å². The average molecular weight is 390 g/mol. The normalized spacial score (nSPS) is 22.4. The van der Waals surface area contributed by atoms with Crippen LogP contribution in [0, 0.1) is 19.8 Å². The first-order valence-corrected chi connectivity index (χ1v) is 10.7. The molecule has 0 bridgehead atoms. The molecule has 2 aliphatic rings. The van der Waals surface area contributed by atoms with E-state index in [1.807, 2.05) is 11.6 Å². The summed E-state index contributed by atoms with van der Waals surface area (Å²) >= 11 is 0. The fourth-order valence-electron chi connectivity index (χ4n) is 4.26. The van der Waals surface area contributed by atoms with Gasteiger partial charge in [0.2, 0.25) is 11.8 Å². The summed E-state index contributed by atoms with van der Waals surface area (Å²) in [4.78, 5) is 26.2. The molecule has 2 fully saturated rings. The molecule has 1 saturated carbocycles. The summed E-state index contributed by atoms with van der Waals surface area (Å²) < 4.78 is 2.00. The summed E-state index contributed by atoms with van der Waals surface area (Å²) in [6, 6.07) is 2.74. The SMILES string of the molecule is CC(=O)NC[C@@H]1CC[C@H](CC(=O)NCCCn2nc(C)cc2C)N1CC1CC1. The lowest BCUT2D eigenvalue weighted by atomic mass is 10.1. The number of carbonyl (C=O) groups excluding carboxylic acids is 2. The van der Waals surface area contributed by atoms with Crippen molar-refractivity contribution in [1.82, 2.24) is 25.3 Å². The quantitative estimate of drug-likeness (QED) is 0.598. The predicted octanol–water partition coefficient (Wildman–Crippen LogP) is 1.78. The zero-order chi connectivity index (χ0) is 20.1. The van der Waals surface area contributed by atoms with E-state index in [0.29, 0.717) is 31.6 Å². The predicted molar refractivity (Wildman–Crippen MR) is 109 cm³/mol. The molecular weight excluding hydrogens is 354 g/mol. The number of carbonyl (C=O) groups is 2. The highest BCUT2D eigenvalue weighted by molar-refractivity contribution is 5.76. The second kappa shape index (κ2) is 9.54. The molecule has 2 N–H and O–H groups in total. The second-order valence-electron chi connectivity index (χ2n) is 8.52. The van der Waals surface area contributed by atoms with Crippen LogP contribution in [-0.4, -0.2) is 58.2 Å². The van der Waals surface area contributed by atoms with E-state index in [0.717, 1.165) is 49.7 Å². The number of amides is 2. The summed E-state index contributed by atoms with van der Waals surface area (Å²) in [5.41, 5.74) is 2.20. The van der Waals surface area contributed by atoms with Gasteiger partial charge in [0, 0.05) is 57.3 Å². The maximum absolute atomic E-state index is 12.5. The van der Waals surface area contributed by atoms with Crippen LogP contribution < -0.4 is 10.6 Å². The highest BCUT2D eigenvalue weighted by Crippen LogP contribution is 2.35. The van der Waals surface area contributed by atoms with Gasteiger partial charge in [-0.25, -0.2) is 0 Å². The Kier molecular flexibility index (Phi) is 7.10. The number of hydrogen-bond acceptors (Lipinski definition) is 4. The van der Waals surface area contributed by atoms with Gasteiger partial charge in [-0.1, -0.05) is 0 Å². The van der Waals surface area contributed by atoms with Crippen molar-refractivity contribution in [3.8, 4) is 0 Å². The van der Waals surface area contributed by atoms with Crippen molar-refractivity contribution in [3.63, 3.8) is 0 Å². The van der Waals surface area contributed by atoms with Crippen LogP contribution in [0.2, 0.25) is 0 Å². The molecule has 1 aliphatic heterocycles. The van der Waals surface area contributed by atoms with Gasteiger partial charge in [-0.05, 0) is 57.9 Å². The Morgan fingerprint density at radius 3 is 2.54 bits per heavy atom. The molecule has 3 rings (SSSR count). The number of nitrogens with one attached hydrogen (secondary N) is 2. The Morgan fingerprint density at radius 1 is 1.14 bits per heavy atom. The van der Waals surface area contributed by atoms with Gasteiger partial charge in [-0.15, -0.1) is 0 Å². The molecule has 2 amide bonds. The third kappa shape index (κ3) is 6.06. The summed E-state index contributed by atoms with van der Waals surface area (Å²) in [6.07, 6.45) is 6.14. The Morgan fingerprint density at radius 2 is 1.89 bits per heavy atom. The molecule has 0 spiro atoms. The van der Waals surface area contributed by atoms with Crippen molar-refractivity contribution < 1.29 is 9.59 Å². The standard InChI is InChI=1S/C21H35N5O2/c1-15-11-16(2)26(24-15)10-4-9-22-21(28)12-19-7-8-20(13-23-17(3)27)25(19)14-18-5-6-18/h11,18-20H,4-10,12-14H2,1-3H3,(H,22,28)(H,23,27)/t19-,20+/m1/s1. The minimum absolute atomic E-state index is 0.0233. The van der Waals surface area contributed by atoms with Gasteiger partial charge < -0.3 is 10.6 Å². The van der Waals surface area contributed by atoms with E-state index in [1.165, 1.54) is 12.8 Å². The number of nitrogens with zero attached hydrogens (tertiary/aromatic N) is 3. The van der Waals surface area contributed by atoms with Crippen LogP contribution in [0.1, 0.15) is 56.8 Å². The second-order valence-corrected chi connectivity index (χ2v) is 8.52. The fraction of sp³-hybridized carbons (Fsp3) is 0.762. The van der Waals surface area contributed by atoms with Crippen molar-refractivity contribution in [2.75, 3.05) is 19.6 Å². The first-order valence-electron chi connectivity index (χ1n) is 10.7. The Hall–Kier alpha value is -1.89. The van der Waals surface area contributed by atoms with E-state index in [9.17, 15) is 9.59 Å². The first kappa shape index (κ1) is 20.8. The molecule has 1 saturated heterocycles. The van der Waals surface area contributed by atoms with Crippen LogP contribution in [0.3, 0.4) is 0 Å². The molecule has 28 heavy (non-hydrogen) atoms. The Bertz CT molecular complexity index is 682. The van der Waals surface area contributed by atoms with Gasteiger partial charge in [0.1, 0.15) is 0 Å². The van der Waals surface area contributed by atoms with Gasteiger partial charge in [0.15, 0.2) is 0 Å². The van der Waals surface area contributed by atoms with Crippen molar-refractivity contribution in [2.45, 2.75) is 77.9 Å². The zero-order valence-corrected chi connectivity index (χ0v) is 17.5. The van der Waals surface area contributed by atoms with E-state index in [1.54, 1.807) is 6.92 Å². The van der Waals surface area contributed by atoms with E-state index in [4.69, 9.17) is 0 Å². The summed E-state index contributed by atoms with van der Waals surface area (Å²) in [6.45, 7) is 8.90. The molecule has 1 aliphatic carbocycles. The van der Waals surface area contributed by atoms with Crippen molar-refractivity contribution in [2.24, 2.45) is 5.92 Å². The van der Waals surface area contributed by atoms with Crippen LogP contribution >= 0.6 is 0 Å². The molecular formula is C21H35N5O2. The Balaban J connectivity index is 1.41. The lowest BCUT2D eigenvalue weighted by Gasteiger charge is -2.30. The van der Waals surface area contributed by atoms with Crippen LogP contribution in [0.5, 0.6) is 0 Å². The molecule has 0 unspecified atom stereocenters. The minimum Gasteiger partial charge on any atom is -0.356 e. The molecule has 1 aromatic heterocycles. The van der Waals surface area contributed by atoms with Gasteiger partial charge >= 0.3 is 0 Å². The molecule has 7 nitrogen and oxygen atoms in total. The van der Waals surface area contributed by atoms with Gasteiger partial charge in [0.25, 0.3) is 0 Å². The van der Waals surface area contributed by atoms with Gasteiger partial charge in [-0.3, -0.25) is 19.2 Å². The first-order chi connectivity index (χ1) is 13.4. The van der Waals surface area contributed by atoms with E-state index < -0.39 is 0 Å². The number of likely N-dealkylation sites (tertiary alicyclic amines) is 1. The third-order valence-corrected chi connectivity index (χ3v) is 5.92. The number of hydrogen-bond donors (Lipinski definition) is 2. The van der Waals surface area contributed by atoms with E-state index >= 15 is 0 Å². The maximum Gasteiger partial charge on any atom is 0.221 e. The highest BCUT2D eigenvalue weighted by Gasteiger charge is 2.37.